The molecule has 2 aromatic carbocycles. The van der Waals surface area contributed by atoms with Crippen LogP contribution in [0.25, 0.3) is 10.9 Å². The molecule has 2 N–H and O–H groups in total. The molecule has 0 amide bonds. The van der Waals surface area contributed by atoms with E-state index < -0.39 is 0 Å². The molecule has 0 fully saturated rings. The Kier molecular flexibility index (Phi) is 3.31. The summed E-state index contributed by atoms with van der Waals surface area (Å²) in [4.78, 5) is 13.7. The Morgan fingerprint density at radius 1 is 1.24 bits per heavy atom. The number of anilines is 1. The smallest absolute Gasteiger partial charge is 0.274 e. The van der Waals surface area contributed by atoms with Gasteiger partial charge < -0.3 is 10.3 Å². The van der Waals surface area contributed by atoms with Crippen LogP contribution in [0.15, 0.2) is 48.7 Å². The number of aromatic amines is 1. The summed E-state index contributed by atoms with van der Waals surface area (Å²) < 4.78 is 0. The first-order chi connectivity index (χ1) is 10.1. The molecule has 0 atom stereocenters. The van der Waals surface area contributed by atoms with Gasteiger partial charge in [-0.25, -0.2) is 0 Å². The Morgan fingerprint density at radius 2 is 2.10 bits per heavy atom. The topological polar surface area (TPSA) is 71.0 Å². The lowest BCUT2D eigenvalue weighted by Gasteiger charge is -2.10. The molecule has 3 aromatic rings. The van der Waals surface area contributed by atoms with Crippen LogP contribution in [-0.2, 0) is 6.54 Å². The summed E-state index contributed by atoms with van der Waals surface area (Å²) in [6.07, 6.45) is 1.91. The van der Waals surface area contributed by atoms with Crippen LogP contribution in [0.5, 0.6) is 0 Å². The van der Waals surface area contributed by atoms with E-state index in [1.807, 2.05) is 30.5 Å². The summed E-state index contributed by atoms with van der Waals surface area (Å²) in [5, 5.41) is 15.4. The number of aromatic nitrogens is 1. The van der Waals surface area contributed by atoms with E-state index in [4.69, 9.17) is 0 Å². The number of nitrogens with one attached hydrogen (secondary N) is 2. The highest BCUT2D eigenvalue weighted by Crippen LogP contribution is 2.25. The van der Waals surface area contributed by atoms with Gasteiger partial charge in [0.25, 0.3) is 5.69 Å². The van der Waals surface area contributed by atoms with Gasteiger partial charge in [-0.15, -0.1) is 0 Å². The first kappa shape index (κ1) is 13.2. The minimum atomic E-state index is -0.355. The molecule has 5 nitrogen and oxygen atoms in total. The van der Waals surface area contributed by atoms with Crippen LogP contribution in [0.4, 0.5) is 11.4 Å². The molecule has 5 heteroatoms. The molecule has 0 unspecified atom stereocenters. The maximum Gasteiger partial charge on any atom is 0.274 e. The van der Waals surface area contributed by atoms with Gasteiger partial charge in [0.2, 0.25) is 0 Å². The highest BCUT2D eigenvalue weighted by atomic mass is 16.6. The fourth-order valence-electron chi connectivity index (χ4n) is 2.42. The van der Waals surface area contributed by atoms with Gasteiger partial charge in [0.05, 0.1) is 4.92 Å². The first-order valence-electron chi connectivity index (χ1n) is 6.69. The van der Waals surface area contributed by atoms with Gasteiger partial charge in [-0.2, -0.15) is 0 Å². The largest absolute Gasteiger partial charge is 0.381 e. The number of H-pyrrole nitrogens is 1. The van der Waals surface area contributed by atoms with Crippen molar-refractivity contribution in [3.63, 3.8) is 0 Å². The summed E-state index contributed by atoms with van der Waals surface area (Å²) in [7, 11) is 0. The Morgan fingerprint density at radius 3 is 2.90 bits per heavy atom. The average Bonchev–Trinajstić information content (AvgIpc) is 2.93. The average molecular weight is 281 g/mol. The molecule has 0 saturated carbocycles. The monoisotopic (exact) mass is 281 g/mol. The second-order valence-corrected chi connectivity index (χ2v) is 4.96. The van der Waals surface area contributed by atoms with Crippen LogP contribution in [0.2, 0.25) is 0 Å². The van der Waals surface area contributed by atoms with Crippen LogP contribution < -0.4 is 5.32 Å². The Bertz CT molecular complexity index is 808. The van der Waals surface area contributed by atoms with E-state index in [1.54, 1.807) is 13.0 Å². The van der Waals surface area contributed by atoms with Crippen molar-refractivity contribution < 1.29 is 4.92 Å². The van der Waals surface area contributed by atoms with Crippen molar-refractivity contribution in [1.29, 1.82) is 0 Å². The standard InChI is InChI=1S/C16H15N3O2/c1-11-14(3-2-4-16(11)19(20)21)18-10-12-5-6-15-13(9-12)7-8-17-15/h2-9,17-18H,10H2,1H3. The van der Waals surface area contributed by atoms with Crippen molar-refractivity contribution in [1.82, 2.24) is 4.98 Å². The van der Waals surface area contributed by atoms with Crippen molar-refractivity contribution in [3.8, 4) is 0 Å². The first-order valence-corrected chi connectivity index (χ1v) is 6.69. The second kappa shape index (κ2) is 5.28. The predicted octanol–water partition coefficient (Wildman–Crippen LogP) is 4.00. The third-order valence-electron chi connectivity index (χ3n) is 3.60. The van der Waals surface area contributed by atoms with E-state index >= 15 is 0 Å². The van der Waals surface area contributed by atoms with E-state index in [2.05, 4.69) is 16.4 Å². The Balaban J connectivity index is 1.81. The zero-order valence-electron chi connectivity index (χ0n) is 11.6. The van der Waals surface area contributed by atoms with Gasteiger partial charge in [-0.3, -0.25) is 10.1 Å². The molecule has 0 radical (unpaired) electrons. The van der Waals surface area contributed by atoms with Crippen LogP contribution in [-0.4, -0.2) is 9.91 Å². The van der Waals surface area contributed by atoms with E-state index in [0.717, 1.165) is 22.2 Å². The van der Waals surface area contributed by atoms with E-state index in [-0.39, 0.29) is 10.6 Å². The number of hydrogen-bond donors (Lipinski definition) is 2. The van der Waals surface area contributed by atoms with Crippen LogP contribution >= 0.6 is 0 Å². The van der Waals surface area contributed by atoms with Crippen molar-refractivity contribution in [2.75, 3.05) is 5.32 Å². The third-order valence-corrected chi connectivity index (χ3v) is 3.60. The Labute approximate surface area is 121 Å². The van der Waals surface area contributed by atoms with Gasteiger partial charge in [0.1, 0.15) is 0 Å². The molecule has 1 aromatic heterocycles. The number of nitrogens with zero attached hydrogens (tertiary/aromatic N) is 1. The zero-order chi connectivity index (χ0) is 14.8. The Hall–Kier alpha value is -2.82. The fraction of sp³-hybridized carbons (Fsp3) is 0.125. The maximum absolute atomic E-state index is 10.9. The number of benzene rings is 2. The summed E-state index contributed by atoms with van der Waals surface area (Å²) >= 11 is 0. The van der Waals surface area contributed by atoms with Crippen LogP contribution in [0.1, 0.15) is 11.1 Å². The van der Waals surface area contributed by atoms with E-state index in [9.17, 15) is 10.1 Å². The summed E-state index contributed by atoms with van der Waals surface area (Å²) in [5.74, 6) is 0. The molecule has 1 heterocycles. The zero-order valence-corrected chi connectivity index (χ0v) is 11.6. The summed E-state index contributed by atoms with van der Waals surface area (Å²) in [6, 6.07) is 13.3. The van der Waals surface area contributed by atoms with Gasteiger partial charge in [-0.1, -0.05) is 12.1 Å². The number of nitro groups is 1. The van der Waals surface area contributed by atoms with E-state index in [0.29, 0.717) is 12.1 Å². The molecule has 0 aliphatic heterocycles. The number of fused-ring (bicyclic) bond motifs is 1. The molecular formula is C16H15N3O2. The third kappa shape index (κ3) is 2.58. The van der Waals surface area contributed by atoms with Gasteiger partial charge >= 0.3 is 0 Å². The quantitative estimate of drug-likeness (QED) is 0.561. The normalized spacial score (nSPS) is 10.7. The van der Waals surface area contributed by atoms with Crippen molar-refractivity contribution in [3.05, 3.63) is 69.9 Å². The molecule has 3 rings (SSSR count). The lowest BCUT2D eigenvalue weighted by atomic mass is 10.1. The molecule has 21 heavy (non-hydrogen) atoms. The minimum Gasteiger partial charge on any atom is -0.381 e. The molecule has 0 spiro atoms. The van der Waals surface area contributed by atoms with Crippen molar-refractivity contribution in [2.45, 2.75) is 13.5 Å². The molecule has 0 saturated heterocycles. The minimum absolute atomic E-state index is 0.140. The summed E-state index contributed by atoms with van der Waals surface area (Å²) in [5.41, 5.74) is 3.82. The summed E-state index contributed by atoms with van der Waals surface area (Å²) in [6.45, 7) is 2.39. The molecule has 0 aliphatic carbocycles. The number of hydrogen-bond acceptors (Lipinski definition) is 3. The van der Waals surface area contributed by atoms with Crippen molar-refractivity contribution >= 4 is 22.3 Å². The SMILES string of the molecule is Cc1c(NCc2ccc3[nH]ccc3c2)cccc1[N+](=O)[O-]. The van der Waals surface area contributed by atoms with Crippen LogP contribution in [0, 0.1) is 17.0 Å². The predicted molar refractivity (Wildman–Crippen MR) is 83.5 cm³/mol. The van der Waals surface area contributed by atoms with Crippen molar-refractivity contribution in [2.24, 2.45) is 0 Å². The van der Waals surface area contributed by atoms with E-state index in [1.165, 1.54) is 6.07 Å². The number of rotatable bonds is 4. The van der Waals surface area contributed by atoms with Gasteiger partial charge in [0.15, 0.2) is 0 Å². The second-order valence-electron chi connectivity index (χ2n) is 4.96. The highest BCUT2D eigenvalue weighted by molar-refractivity contribution is 5.80. The molecule has 106 valence electrons. The fourth-order valence-corrected chi connectivity index (χ4v) is 2.42. The lowest BCUT2D eigenvalue weighted by Crippen LogP contribution is -2.02. The molecule has 0 aliphatic rings. The maximum atomic E-state index is 10.9. The number of nitro benzene ring substituents is 1. The van der Waals surface area contributed by atoms with Gasteiger partial charge in [0, 0.05) is 35.6 Å². The van der Waals surface area contributed by atoms with Gasteiger partial charge in [-0.05, 0) is 42.1 Å². The highest BCUT2D eigenvalue weighted by Gasteiger charge is 2.12. The lowest BCUT2D eigenvalue weighted by molar-refractivity contribution is -0.385. The van der Waals surface area contributed by atoms with Crippen LogP contribution in [0.3, 0.4) is 0 Å². The molecule has 0 bridgehead atoms. The molecular weight excluding hydrogens is 266 g/mol.